The molecule has 2 saturated carbocycles. The van der Waals surface area contributed by atoms with Gasteiger partial charge in [0.25, 0.3) is 0 Å². The first-order chi connectivity index (χ1) is 10.2. The molecule has 0 aliphatic heterocycles. The molecular formula is C18H33N3. The second-order valence-corrected chi connectivity index (χ2v) is 7.34. The molecule has 120 valence electrons. The Bertz CT molecular complexity index is 339. The van der Waals surface area contributed by atoms with E-state index in [0.29, 0.717) is 6.04 Å². The molecule has 1 atom stereocenters. The van der Waals surface area contributed by atoms with Crippen LogP contribution in [0.25, 0.3) is 0 Å². The smallest absolute Gasteiger partial charge is 0.106 e. The van der Waals surface area contributed by atoms with Crippen LogP contribution in [0.3, 0.4) is 0 Å². The lowest BCUT2D eigenvalue weighted by molar-refractivity contribution is 0.223. The average Bonchev–Trinajstić information content (AvgIpc) is 3.31. The summed E-state index contributed by atoms with van der Waals surface area (Å²) in [4.78, 5) is 2.49. The molecule has 0 heterocycles. The number of hydrogen-bond acceptors (Lipinski definition) is 3. The van der Waals surface area contributed by atoms with Crippen LogP contribution >= 0.6 is 0 Å². The van der Waals surface area contributed by atoms with Crippen molar-refractivity contribution in [1.29, 1.82) is 5.26 Å². The monoisotopic (exact) mass is 291 g/mol. The quantitative estimate of drug-likeness (QED) is 0.704. The Morgan fingerprint density at radius 2 is 1.90 bits per heavy atom. The first-order valence-electron chi connectivity index (χ1n) is 9.05. The van der Waals surface area contributed by atoms with Crippen LogP contribution in [-0.4, -0.2) is 36.6 Å². The van der Waals surface area contributed by atoms with E-state index in [1.165, 1.54) is 51.5 Å². The predicted octanol–water partition coefficient (Wildman–Crippen LogP) is 3.70. The van der Waals surface area contributed by atoms with Crippen molar-refractivity contribution in [2.45, 2.75) is 82.7 Å². The van der Waals surface area contributed by atoms with Gasteiger partial charge in [0.15, 0.2) is 0 Å². The number of nitriles is 1. The average molecular weight is 291 g/mol. The summed E-state index contributed by atoms with van der Waals surface area (Å²) in [5, 5.41) is 13.1. The highest BCUT2D eigenvalue weighted by Crippen LogP contribution is 2.27. The summed E-state index contributed by atoms with van der Waals surface area (Å²) < 4.78 is 0. The molecule has 3 heteroatoms. The molecule has 0 aromatic carbocycles. The molecule has 1 unspecified atom stereocenters. The molecule has 2 aliphatic carbocycles. The first kappa shape index (κ1) is 16.8. The van der Waals surface area contributed by atoms with Gasteiger partial charge in [0.1, 0.15) is 5.54 Å². The van der Waals surface area contributed by atoms with Gasteiger partial charge in [-0.3, -0.25) is 5.32 Å². The van der Waals surface area contributed by atoms with E-state index < -0.39 is 0 Å². The Morgan fingerprint density at radius 3 is 2.48 bits per heavy atom. The molecule has 0 radical (unpaired) electrons. The van der Waals surface area contributed by atoms with E-state index in [0.717, 1.165) is 31.7 Å². The van der Waals surface area contributed by atoms with Gasteiger partial charge < -0.3 is 4.90 Å². The van der Waals surface area contributed by atoms with E-state index in [4.69, 9.17) is 0 Å². The van der Waals surface area contributed by atoms with Crippen molar-refractivity contribution in [3.63, 3.8) is 0 Å². The molecule has 1 N–H and O–H groups in total. The first-order valence-corrected chi connectivity index (χ1v) is 9.05. The molecule has 0 spiro atoms. The molecule has 0 aromatic heterocycles. The fourth-order valence-electron chi connectivity index (χ4n) is 3.69. The van der Waals surface area contributed by atoms with E-state index in [1.54, 1.807) is 0 Å². The van der Waals surface area contributed by atoms with Gasteiger partial charge in [-0.05, 0) is 64.5 Å². The lowest BCUT2D eigenvalue weighted by atomic mass is 9.88. The Morgan fingerprint density at radius 1 is 1.19 bits per heavy atom. The van der Waals surface area contributed by atoms with Crippen LogP contribution < -0.4 is 5.32 Å². The summed E-state index contributed by atoms with van der Waals surface area (Å²) in [6.07, 6.45) is 12.7. The summed E-state index contributed by atoms with van der Waals surface area (Å²) >= 11 is 0. The Kier molecular flexibility index (Phi) is 6.51. The summed E-state index contributed by atoms with van der Waals surface area (Å²) in [7, 11) is 2.25. The maximum atomic E-state index is 9.55. The summed E-state index contributed by atoms with van der Waals surface area (Å²) in [5.41, 5.74) is -0.271. The normalized spacial score (nSPS) is 23.0. The second-order valence-electron chi connectivity index (χ2n) is 7.34. The van der Waals surface area contributed by atoms with Crippen LogP contribution in [0.2, 0.25) is 0 Å². The van der Waals surface area contributed by atoms with Gasteiger partial charge in [0, 0.05) is 12.6 Å². The minimum Gasteiger partial charge on any atom is -0.306 e. The van der Waals surface area contributed by atoms with Crippen molar-refractivity contribution < 1.29 is 0 Å². The SMILES string of the molecule is CCC(C#N)(CCCN(C)CC1CCCCC1)NC1CC1. The number of hydrogen-bond donors (Lipinski definition) is 1. The van der Waals surface area contributed by atoms with Crippen molar-refractivity contribution in [2.24, 2.45) is 5.92 Å². The zero-order chi connectivity index (χ0) is 15.1. The highest BCUT2D eigenvalue weighted by atomic mass is 15.1. The molecule has 0 amide bonds. The van der Waals surface area contributed by atoms with E-state index >= 15 is 0 Å². The van der Waals surface area contributed by atoms with Crippen molar-refractivity contribution in [3.8, 4) is 6.07 Å². The van der Waals surface area contributed by atoms with Crippen LogP contribution in [0.1, 0.15) is 71.1 Å². The largest absolute Gasteiger partial charge is 0.306 e. The maximum Gasteiger partial charge on any atom is 0.106 e. The third-order valence-electron chi connectivity index (χ3n) is 5.31. The van der Waals surface area contributed by atoms with Crippen LogP contribution in [0.4, 0.5) is 0 Å². The fraction of sp³-hybridized carbons (Fsp3) is 0.944. The molecular weight excluding hydrogens is 258 g/mol. The van der Waals surface area contributed by atoms with Gasteiger partial charge in [0.2, 0.25) is 0 Å². The van der Waals surface area contributed by atoms with Gasteiger partial charge in [-0.1, -0.05) is 26.2 Å². The van der Waals surface area contributed by atoms with Crippen LogP contribution in [0.15, 0.2) is 0 Å². The molecule has 0 saturated heterocycles. The predicted molar refractivity (Wildman–Crippen MR) is 88.1 cm³/mol. The molecule has 3 nitrogen and oxygen atoms in total. The van der Waals surface area contributed by atoms with E-state index in [1.807, 2.05) is 0 Å². The lowest BCUT2D eigenvalue weighted by Crippen LogP contribution is -2.45. The molecule has 0 aromatic rings. The Labute approximate surface area is 131 Å². The minimum atomic E-state index is -0.271. The maximum absolute atomic E-state index is 9.55. The molecule has 0 bridgehead atoms. The van der Waals surface area contributed by atoms with Gasteiger partial charge in [-0.2, -0.15) is 5.26 Å². The summed E-state index contributed by atoms with van der Waals surface area (Å²) in [5.74, 6) is 0.917. The molecule has 2 fully saturated rings. The molecule has 2 rings (SSSR count). The van der Waals surface area contributed by atoms with Gasteiger partial charge >= 0.3 is 0 Å². The van der Waals surface area contributed by atoms with Crippen LogP contribution in [-0.2, 0) is 0 Å². The Balaban J connectivity index is 1.67. The number of rotatable bonds is 9. The van der Waals surface area contributed by atoms with Crippen LogP contribution in [0, 0.1) is 17.2 Å². The van der Waals surface area contributed by atoms with E-state index in [9.17, 15) is 5.26 Å². The summed E-state index contributed by atoms with van der Waals surface area (Å²) in [6, 6.07) is 3.18. The topological polar surface area (TPSA) is 39.1 Å². The van der Waals surface area contributed by atoms with Gasteiger partial charge in [0.05, 0.1) is 6.07 Å². The number of nitrogens with zero attached hydrogens (tertiary/aromatic N) is 2. The van der Waals surface area contributed by atoms with Gasteiger partial charge in [-0.15, -0.1) is 0 Å². The van der Waals surface area contributed by atoms with E-state index in [2.05, 4.69) is 30.3 Å². The van der Waals surface area contributed by atoms with Gasteiger partial charge in [-0.25, -0.2) is 0 Å². The highest BCUT2D eigenvalue weighted by Gasteiger charge is 2.34. The van der Waals surface area contributed by atoms with Crippen molar-refractivity contribution in [1.82, 2.24) is 10.2 Å². The fourth-order valence-corrected chi connectivity index (χ4v) is 3.69. The third kappa shape index (κ3) is 5.60. The third-order valence-corrected chi connectivity index (χ3v) is 5.31. The summed E-state index contributed by atoms with van der Waals surface area (Å²) in [6.45, 7) is 4.53. The zero-order valence-electron chi connectivity index (χ0n) is 14.0. The molecule has 21 heavy (non-hydrogen) atoms. The van der Waals surface area contributed by atoms with Crippen molar-refractivity contribution >= 4 is 0 Å². The van der Waals surface area contributed by atoms with Crippen molar-refractivity contribution in [3.05, 3.63) is 0 Å². The van der Waals surface area contributed by atoms with Crippen molar-refractivity contribution in [2.75, 3.05) is 20.1 Å². The second kappa shape index (κ2) is 8.15. The standard InChI is InChI=1S/C18H33N3/c1-3-18(15-19,20-17-10-11-17)12-7-13-21(2)14-16-8-5-4-6-9-16/h16-17,20H,3-14H2,1-2H3. The number of nitrogens with one attached hydrogen (secondary N) is 1. The lowest BCUT2D eigenvalue weighted by Gasteiger charge is -2.29. The molecule has 2 aliphatic rings. The highest BCUT2D eigenvalue weighted by molar-refractivity contribution is 5.09. The van der Waals surface area contributed by atoms with E-state index in [-0.39, 0.29) is 5.54 Å². The zero-order valence-corrected chi connectivity index (χ0v) is 14.0. The Hall–Kier alpha value is -0.590. The van der Waals surface area contributed by atoms with Crippen LogP contribution in [0.5, 0.6) is 0 Å². The minimum absolute atomic E-state index is 0.271.